The zero-order valence-electron chi connectivity index (χ0n) is 15.1. The van der Waals surface area contributed by atoms with Crippen LogP contribution in [-0.2, 0) is 4.79 Å². The van der Waals surface area contributed by atoms with E-state index in [1.165, 1.54) is 0 Å². The molecule has 3 rings (SSSR count). The standard InChI is InChI=1S/C22H27NO3/c1-22(18(24)12-13-19(22)25)15-14-20(26)23-21(16-8-4-2-5-9-16)17-10-6-3-7-11-17/h2-11,18-19,21,24-25H,12-15H2,1H3,(H,23,26). The third-order valence-electron chi connectivity index (χ3n) is 5.70. The van der Waals surface area contributed by atoms with E-state index in [1.807, 2.05) is 67.6 Å². The van der Waals surface area contributed by atoms with Gasteiger partial charge in [-0.1, -0.05) is 67.6 Å². The topological polar surface area (TPSA) is 69.6 Å². The summed E-state index contributed by atoms with van der Waals surface area (Å²) >= 11 is 0. The van der Waals surface area contributed by atoms with Crippen molar-refractivity contribution in [2.45, 2.75) is 50.9 Å². The first-order chi connectivity index (χ1) is 12.5. The fourth-order valence-electron chi connectivity index (χ4n) is 3.80. The predicted molar refractivity (Wildman–Crippen MR) is 101 cm³/mol. The molecule has 2 atom stereocenters. The Labute approximate surface area is 154 Å². The van der Waals surface area contributed by atoms with E-state index in [9.17, 15) is 15.0 Å². The average molecular weight is 353 g/mol. The molecule has 1 aliphatic carbocycles. The molecule has 0 aromatic heterocycles. The molecule has 1 fully saturated rings. The van der Waals surface area contributed by atoms with Crippen LogP contribution in [0.4, 0.5) is 0 Å². The molecular weight excluding hydrogens is 326 g/mol. The number of hydrogen-bond donors (Lipinski definition) is 3. The van der Waals surface area contributed by atoms with Crippen molar-refractivity contribution >= 4 is 5.91 Å². The molecule has 0 heterocycles. The summed E-state index contributed by atoms with van der Waals surface area (Å²) in [7, 11) is 0. The van der Waals surface area contributed by atoms with Gasteiger partial charge in [-0.2, -0.15) is 0 Å². The van der Waals surface area contributed by atoms with Gasteiger partial charge in [-0.3, -0.25) is 4.79 Å². The minimum absolute atomic E-state index is 0.0739. The Morgan fingerprint density at radius 1 is 1.00 bits per heavy atom. The second-order valence-corrected chi connectivity index (χ2v) is 7.44. The van der Waals surface area contributed by atoms with Crippen molar-refractivity contribution in [2.75, 3.05) is 0 Å². The minimum Gasteiger partial charge on any atom is -0.392 e. The van der Waals surface area contributed by atoms with Gasteiger partial charge in [0.05, 0.1) is 18.2 Å². The number of amides is 1. The summed E-state index contributed by atoms with van der Waals surface area (Å²) in [5.41, 5.74) is 1.45. The van der Waals surface area contributed by atoms with Gasteiger partial charge in [0.25, 0.3) is 0 Å². The Hall–Kier alpha value is -2.17. The molecule has 0 aliphatic heterocycles. The molecule has 2 aromatic rings. The van der Waals surface area contributed by atoms with Crippen LogP contribution in [0.15, 0.2) is 60.7 Å². The van der Waals surface area contributed by atoms with Crippen LogP contribution >= 0.6 is 0 Å². The Kier molecular flexibility index (Phi) is 5.74. The van der Waals surface area contributed by atoms with Crippen LogP contribution in [0.2, 0.25) is 0 Å². The molecule has 0 bridgehead atoms. The van der Waals surface area contributed by atoms with Crippen molar-refractivity contribution in [1.82, 2.24) is 5.32 Å². The first-order valence-corrected chi connectivity index (χ1v) is 9.26. The predicted octanol–water partition coefficient (Wildman–Crippen LogP) is 3.19. The van der Waals surface area contributed by atoms with Gasteiger partial charge in [0.15, 0.2) is 0 Å². The smallest absolute Gasteiger partial charge is 0.220 e. The summed E-state index contributed by atoms with van der Waals surface area (Å²) in [5, 5.41) is 23.5. The van der Waals surface area contributed by atoms with Crippen LogP contribution < -0.4 is 5.32 Å². The van der Waals surface area contributed by atoms with E-state index in [0.29, 0.717) is 19.3 Å². The van der Waals surface area contributed by atoms with Gasteiger partial charge in [0.2, 0.25) is 5.91 Å². The van der Waals surface area contributed by atoms with Crippen molar-refractivity contribution in [3.8, 4) is 0 Å². The molecule has 3 N–H and O–H groups in total. The normalized spacial score (nSPS) is 25.4. The van der Waals surface area contributed by atoms with Crippen molar-refractivity contribution in [3.05, 3.63) is 71.8 Å². The lowest BCUT2D eigenvalue weighted by Crippen LogP contribution is -2.38. The van der Waals surface area contributed by atoms with Gasteiger partial charge in [-0.25, -0.2) is 0 Å². The highest BCUT2D eigenvalue weighted by atomic mass is 16.3. The molecule has 2 aromatic carbocycles. The molecule has 4 heteroatoms. The highest BCUT2D eigenvalue weighted by molar-refractivity contribution is 5.77. The van der Waals surface area contributed by atoms with Crippen LogP contribution in [0, 0.1) is 5.41 Å². The van der Waals surface area contributed by atoms with Crippen molar-refractivity contribution in [1.29, 1.82) is 0 Å². The summed E-state index contributed by atoms with van der Waals surface area (Å²) in [6.45, 7) is 1.87. The van der Waals surface area contributed by atoms with E-state index in [2.05, 4.69) is 5.32 Å². The summed E-state index contributed by atoms with van der Waals surface area (Å²) in [6.07, 6.45) is 0.832. The minimum atomic E-state index is -0.605. The molecule has 26 heavy (non-hydrogen) atoms. The van der Waals surface area contributed by atoms with E-state index in [-0.39, 0.29) is 18.4 Å². The molecule has 4 nitrogen and oxygen atoms in total. The van der Waals surface area contributed by atoms with E-state index >= 15 is 0 Å². The molecule has 0 saturated heterocycles. The van der Waals surface area contributed by atoms with Gasteiger partial charge in [-0.15, -0.1) is 0 Å². The van der Waals surface area contributed by atoms with Crippen molar-refractivity contribution in [2.24, 2.45) is 5.41 Å². The summed E-state index contributed by atoms with van der Waals surface area (Å²) in [5.74, 6) is -0.0739. The lowest BCUT2D eigenvalue weighted by Gasteiger charge is -2.31. The lowest BCUT2D eigenvalue weighted by molar-refractivity contribution is -0.123. The number of aliphatic hydroxyl groups excluding tert-OH is 2. The Morgan fingerprint density at radius 2 is 1.46 bits per heavy atom. The van der Waals surface area contributed by atoms with Crippen molar-refractivity contribution < 1.29 is 15.0 Å². The van der Waals surface area contributed by atoms with Crippen LogP contribution in [0.25, 0.3) is 0 Å². The lowest BCUT2D eigenvalue weighted by atomic mass is 9.80. The number of nitrogens with one attached hydrogen (secondary N) is 1. The zero-order valence-corrected chi connectivity index (χ0v) is 15.1. The third-order valence-corrected chi connectivity index (χ3v) is 5.70. The van der Waals surface area contributed by atoms with Gasteiger partial charge >= 0.3 is 0 Å². The molecule has 0 radical (unpaired) electrons. The number of carbonyl (C=O) groups is 1. The molecule has 138 valence electrons. The maximum atomic E-state index is 12.6. The maximum Gasteiger partial charge on any atom is 0.220 e. The Morgan fingerprint density at radius 3 is 1.92 bits per heavy atom. The molecule has 2 unspecified atom stereocenters. The van der Waals surface area contributed by atoms with E-state index < -0.39 is 17.6 Å². The number of carbonyl (C=O) groups excluding carboxylic acids is 1. The second kappa shape index (κ2) is 8.02. The largest absolute Gasteiger partial charge is 0.392 e. The molecule has 1 amide bonds. The highest BCUT2D eigenvalue weighted by Gasteiger charge is 2.45. The van der Waals surface area contributed by atoms with E-state index in [4.69, 9.17) is 0 Å². The maximum absolute atomic E-state index is 12.6. The molecule has 0 spiro atoms. The Balaban J connectivity index is 1.70. The van der Waals surface area contributed by atoms with Gasteiger partial charge in [0.1, 0.15) is 0 Å². The summed E-state index contributed by atoms with van der Waals surface area (Å²) in [6, 6.07) is 19.6. The van der Waals surface area contributed by atoms with Crippen molar-refractivity contribution in [3.63, 3.8) is 0 Å². The third kappa shape index (κ3) is 3.97. The van der Waals surface area contributed by atoms with E-state index in [0.717, 1.165) is 11.1 Å². The average Bonchev–Trinajstić information content (AvgIpc) is 2.93. The number of hydrogen-bond acceptors (Lipinski definition) is 3. The molecule has 1 saturated carbocycles. The molecular formula is C22H27NO3. The van der Waals surface area contributed by atoms with Gasteiger partial charge < -0.3 is 15.5 Å². The number of aliphatic hydroxyl groups is 2. The first-order valence-electron chi connectivity index (χ1n) is 9.26. The first kappa shape index (κ1) is 18.6. The summed E-state index contributed by atoms with van der Waals surface area (Å²) < 4.78 is 0. The van der Waals surface area contributed by atoms with Crippen LogP contribution in [0.1, 0.15) is 49.8 Å². The summed E-state index contributed by atoms with van der Waals surface area (Å²) in [4.78, 5) is 12.6. The quantitative estimate of drug-likeness (QED) is 0.747. The second-order valence-electron chi connectivity index (χ2n) is 7.44. The van der Waals surface area contributed by atoms with Crippen LogP contribution in [0.5, 0.6) is 0 Å². The SMILES string of the molecule is CC1(CCC(=O)NC(c2ccccc2)c2ccccc2)C(O)CCC1O. The van der Waals surface area contributed by atoms with E-state index in [1.54, 1.807) is 0 Å². The van der Waals surface area contributed by atoms with Crippen LogP contribution in [-0.4, -0.2) is 28.3 Å². The number of rotatable bonds is 6. The van der Waals surface area contributed by atoms with Gasteiger partial charge in [0, 0.05) is 11.8 Å². The zero-order chi connectivity index (χ0) is 18.6. The fourth-order valence-corrected chi connectivity index (χ4v) is 3.80. The molecule has 1 aliphatic rings. The van der Waals surface area contributed by atoms with Gasteiger partial charge in [-0.05, 0) is 30.4 Å². The fraction of sp³-hybridized carbons (Fsp3) is 0.409. The number of benzene rings is 2. The highest BCUT2D eigenvalue weighted by Crippen LogP contribution is 2.42. The Bertz CT molecular complexity index is 667. The monoisotopic (exact) mass is 353 g/mol. The van der Waals surface area contributed by atoms with Crippen LogP contribution in [0.3, 0.4) is 0 Å².